The summed E-state index contributed by atoms with van der Waals surface area (Å²) in [5.41, 5.74) is 0. The number of amides is 1. The van der Waals surface area contributed by atoms with E-state index in [0.29, 0.717) is 18.6 Å². The van der Waals surface area contributed by atoms with Crippen molar-refractivity contribution in [2.45, 2.75) is 70.7 Å². The van der Waals surface area contributed by atoms with Crippen LogP contribution in [-0.2, 0) is 14.9 Å². The van der Waals surface area contributed by atoms with E-state index in [4.69, 9.17) is 4.74 Å². The van der Waals surface area contributed by atoms with Gasteiger partial charge in [0.2, 0.25) is 0 Å². The first-order valence-electron chi connectivity index (χ1n) is 7.58. The Morgan fingerprint density at radius 3 is 2.38 bits per heavy atom. The predicted octanol–water partition coefficient (Wildman–Crippen LogP) is 0.971. The van der Waals surface area contributed by atoms with Crippen LogP contribution in [0.25, 0.3) is 0 Å². The number of rotatable bonds is 5. The highest BCUT2D eigenvalue weighted by Crippen LogP contribution is 2.30. The normalized spacial score (nSPS) is 28.9. The first-order valence-corrected chi connectivity index (χ1v) is 9.02. The third-order valence-corrected chi connectivity index (χ3v) is 5.63. The predicted molar refractivity (Wildman–Crippen MR) is 79.0 cm³/mol. The van der Waals surface area contributed by atoms with Gasteiger partial charge in [0.1, 0.15) is 0 Å². The number of ether oxygens (including phenoxy) is 1. The van der Waals surface area contributed by atoms with Crippen LogP contribution in [-0.4, -0.2) is 49.6 Å². The molecule has 2 N–H and O–H groups in total. The largest absolute Gasteiger partial charge is 0.446 e. The van der Waals surface area contributed by atoms with E-state index in [0.717, 1.165) is 25.7 Å². The molecule has 2 bridgehead atoms. The highest BCUT2D eigenvalue weighted by atomic mass is 32.2. The van der Waals surface area contributed by atoms with Crippen LogP contribution in [0.5, 0.6) is 0 Å². The molecule has 2 rings (SSSR count). The van der Waals surface area contributed by atoms with Gasteiger partial charge in [-0.2, -0.15) is 12.7 Å². The van der Waals surface area contributed by atoms with E-state index in [9.17, 15) is 13.2 Å². The molecular formula is C13H25N3O4S. The quantitative estimate of drug-likeness (QED) is 0.788. The van der Waals surface area contributed by atoms with Crippen LogP contribution < -0.4 is 10.0 Å². The molecule has 0 aromatic carbocycles. The van der Waals surface area contributed by atoms with Gasteiger partial charge in [-0.05, 0) is 39.5 Å². The Morgan fingerprint density at radius 1 is 1.33 bits per heavy atom. The molecule has 7 nitrogen and oxygen atoms in total. The van der Waals surface area contributed by atoms with E-state index in [1.54, 1.807) is 20.8 Å². The zero-order chi connectivity index (χ0) is 15.6. The van der Waals surface area contributed by atoms with Gasteiger partial charge in [-0.1, -0.05) is 6.92 Å². The number of hydrogen-bond donors (Lipinski definition) is 2. The molecule has 0 aromatic heterocycles. The van der Waals surface area contributed by atoms with Gasteiger partial charge < -0.3 is 10.1 Å². The van der Waals surface area contributed by atoms with E-state index in [-0.39, 0.29) is 12.1 Å². The summed E-state index contributed by atoms with van der Waals surface area (Å²) in [7, 11) is -3.85. The highest BCUT2D eigenvalue weighted by Gasteiger charge is 2.40. The number of carbonyl (C=O) groups is 1. The molecule has 1 amide bonds. The lowest BCUT2D eigenvalue weighted by Gasteiger charge is -2.36. The molecule has 0 saturated carbocycles. The third kappa shape index (κ3) is 4.08. The zero-order valence-electron chi connectivity index (χ0n) is 12.8. The fourth-order valence-corrected chi connectivity index (χ4v) is 4.57. The van der Waals surface area contributed by atoms with Crippen molar-refractivity contribution in [2.24, 2.45) is 0 Å². The molecule has 2 saturated heterocycles. The van der Waals surface area contributed by atoms with Crippen molar-refractivity contribution in [3.63, 3.8) is 0 Å². The van der Waals surface area contributed by atoms with E-state index < -0.39 is 16.3 Å². The fourth-order valence-electron chi connectivity index (χ4n) is 3.29. The summed E-state index contributed by atoms with van der Waals surface area (Å²) in [6.45, 7) is 5.48. The Bertz CT molecular complexity index is 468. The number of piperidine rings is 1. The van der Waals surface area contributed by atoms with Crippen LogP contribution in [0.4, 0.5) is 4.79 Å². The van der Waals surface area contributed by atoms with Crippen molar-refractivity contribution in [3.05, 3.63) is 0 Å². The molecule has 2 heterocycles. The Labute approximate surface area is 126 Å². The minimum atomic E-state index is -3.85. The summed E-state index contributed by atoms with van der Waals surface area (Å²) < 4.78 is 33.0. The average molecular weight is 319 g/mol. The number of hydrogen-bond acceptors (Lipinski definition) is 5. The van der Waals surface area contributed by atoms with Gasteiger partial charge in [0, 0.05) is 24.7 Å². The first-order chi connectivity index (χ1) is 9.81. The Morgan fingerprint density at radius 2 is 1.90 bits per heavy atom. The van der Waals surface area contributed by atoms with Crippen LogP contribution in [0, 0.1) is 0 Å². The van der Waals surface area contributed by atoms with Crippen LogP contribution in [0.15, 0.2) is 0 Å². The fraction of sp³-hybridized carbons (Fsp3) is 0.923. The van der Waals surface area contributed by atoms with Gasteiger partial charge >= 0.3 is 16.3 Å². The number of fused-ring (bicyclic) bond motifs is 2. The van der Waals surface area contributed by atoms with Gasteiger partial charge in [-0.15, -0.1) is 0 Å². The number of nitrogens with zero attached hydrogens (tertiary/aromatic N) is 1. The van der Waals surface area contributed by atoms with Crippen LogP contribution in [0.3, 0.4) is 0 Å². The molecule has 2 unspecified atom stereocenters. The summed E-state index contributed by atoms with van der Waals surface area (Å²) in [4.78, 5) is 11.6. The van der Waals surface area contributed by atoms with Gasteiger partial charge in [0.05, 0.1) is 6.10 Å². The van der Waals surface area contributed by atoms with E-state index >= 15 is 0 Å². The highest BCUT2D eigenvalue weighted by molar-refractivity contribution is 7.87. The van der Waals surface area contributed by atoms with Crippen molar-refractivity contribution in [1.29, 1.82) is 0 Å². The lowest BCUT2D eigenvalue weighted by atomic mass is 10.00. The van der Waals surface area contributed by atoms with Crippen LogP contribution in [0.2, 0.25) is 0 Å². The molecule has 0 aromatic rings. The molecule has 0 aliphatic carbocycles. The maximum absolute atomic E-state index is 12.4. The summed E-state index contributed by atoms with van der Waals surface area (Å²) >= 11 is 0. The Balaban J connectivity index is 2.03. The monoisotopic (exact) mass is 319 g/mol. The van der Waals surface area contributed by atoms with Gasteiger partial charge in [0.15, 0.2) is 0 Å². The lowest BCUT2D eigenvalue weighted by Crippen LogP contribution is -2.53. The maximum Gasteiger partial charge on any atom is 0.422 e. The Hall–Kier alpha value is -0.860. The topological polar surface area (TPSA) is 87.7 Å². The second-order valence-electron chi connectivity index (χ2n) is 6.03. The molecule has 2 fully saturated rings. The second kappa shape index (κ2) is 6.50. The molecule has 8 heteroatoms. The van der Waals surface area contributed by atoms with E-state index in [2.05, 4.69) is 5.32 Å². The molecule has 21 heavy (non-hydrogen) atoms. The van der Waals surface area contributed by atoms with Gasteiger partial charge in [0.25, 0.3) is 0 Å². The van der Waals surface area contributed by atoms with Crippen molar-refractivity contribution in [2.75, 3.05) is 6.54 Å². The molecule has 2 aliphatic heterocycles. The van der Waals surface area contributed by atoms with Crippen molar-refractivity contribution in [3.8, 4) is 0 Å². The summed E-state index contributed by atoms with van der Waals surface area (Å²) in [6, 6.07) is 0.722. The SMILES string of the molecule is CCN(C1CC2CCC(C1)N2)S(=O)(=O)NC(=O)OC(C)C. The van der Waals surface area contributed by atoms with E-state index in [1.807, 2.05) is 4.72 Å². The lowest BCUT2D eigenvalue weighted by molar-refractivity contribution is 0.120. The molecule has 122 valence electrons. The van der Waals surface area contributed by atoms with Crippen LogP contribution in [0.1, 0.15) is 46.5 Å². The standard InChI is InChI=1S/C13H25N3O4S/c1-4-16(12-7-10-5-6-11(8-12)14-10)21(18,19)15-13(17)20-9(2)3/h9-12,14H,4-8H2,1-3H3,(H,15,17). The Kier molecular flexibility index (Phi) is 5.11. The second-order valence-corrected chi connectivity index (χ2v) is 7.65. The molecule has 2 atom stereocenters. The van der Waals surface area contributed by atoms with Crippen LogP contribution >= 0.6 is 0 Å². The number of carbonyl (C=O) groups excluding carboxylic acids is 1. The smallest absolute Gasteiger partial charge is 0.422 e. The van der Waals surface area contributed by atoms with Crippen molar-refractivity contribution < 1.29 is 17.9 Å². The molecular weight excluding hydrogens is 294 g/mol. The first kappa shape index (κ1) is 16.5. The van der Waals surface area contributed by atoms with Gasteiger partial charge in [-0.3, -0.25) is 0 Å². The zero-order valence-corrected chi connectivity index (χ0v) is 13.6. The number of nitrogens with one attached hydrogen (secondary N) is 2. The third-order valence-electron chi connectivity index (χ3n) is 4.03. The summed E-state index contributed by atoms with van der Waals surface area (Å²) in [6.07, 6.45) is 2.52. The van der Waals surface area contributed by atoms with Gasteiger partial charge in [-0.25, -0.2) is 9.52 Å². The van der Waals surface area contributed by atoms with Crippen molar-refractivity contribution in [1.82, 2.24) is 14.3 Å². The average Bonchev–Trinajstić information content (AvgIpc) is 2.67. The van der Waals surface area contributed by atoms with Crippen molar-refractivity contribution >= 4 is 16.3 Å². The molecule has 2 aliphatic rings. The molecule has 0 spiro atoms. The van der Waals surface area contributed by atoms with E-state index in [1.165, 1.54) is 4.31 Å². The minimum absolute atomic E-state index is 0.0573. The summed E-state index contributed by atoms with van der Waals surface area (Å²) in [5.74, 6) is 0. The minimum Gasteiger partial charge on any atom is -0.446 e. The molecule has 0 radical (unpaired) electrons. The summed E-state index contributed by atoms with van der Waals surface area (Å²) in [5, 5.41) is 3.48. The maximum atomic E-state index is 12.4.